The van der Waals surface area contributed by atoms with Crippen molar-refractivity contribution >= 4 is 0 Å². The van der Waals surface area contributed by atoms with Crippen molar-refractivity contribution in [2.24, 2.45) is 0 Å². The summed E-state index contributed by atoms with van der Waals surface area (Å²) < 4.78 is 5.72. The zero-order valence-corrected chi connectivity index (χ0v) is 11.4. The molecule has 0 bridgehead atoms. The molecule has 18 heavy (non-hydrogen) atoms. The largest absolute Gasteiger partial charge is 0.373 e. The number of nitrogens with one attached hydrogen (secondary N) is 2. The molecule has 5 nitrogen and oxygen atoms in total. The topological polar surface area (TPSA) is 53.2 Å². The minimum Gasteiger partial charge on any atom is -0.373 e. The Kier molecular flexibility index (Phi) is 5.16. The number of rotatable bonds is 6. The molecule has 1 aromatic heterocycles. The van der Waals surface area contributed by atoms with Crippen molar-refractivity contribution in [3.05, 3.63) is 18.2 Å². The fourth-order valence-electron chi connectivity index (χ4n) is 2.50. The first kappa shape index (κ1) is 13.5. The lowest BCUT2D eigenvalue weighted by atomic mass is 10.2. The molecule has 2 atom stereocenters. The number of H-pyrrole nitrogens is 1. The van der Waals surface area contributed by atoms with Gasteiger partial charge >= 0.3 is 0 Å². The first-order chi connectivity index (χ1) is 8.74. The molecule has 2 heterocycles. The smallest absolute Gasteiger partial charge is 0.120 e. The quantitative estimate of drug-likeness (QED) is 0.742. The first-order valence-electron chi connectivity index (χ1n) is 6.81. The van der Waals surface area contributed by atoms with Gasteiger partial charge in [0.1, 0.15) is 5.82 Å². The molecule has 0 saturated carbocycles. The number of hydrogen-bond acceptors (Lipinski definition) is 4. The Hall–Kier alpha value is -0.910. The van der Waals surface area contributed by atoms with Crippen molar-refractivity contribution in [3.63, 3.8) is 0 Å². The number of hydrogen-bond donors (Lipinski definition) is 2. The van der Waals surface area contributed by atoms with Crippen LogP contribution in [0.25, 0.3) is 0 Å². The van der Waals surface area contributed by atoms with E-state index < -0.39 is 0 Å². The van der Waals surface area contributed by atoms with Crippen LogP contribution >= 0.6 is 0 Å². The molecule has 0 aromatic carbocycles. The molecule has 0 aliphatic carbocycles. The maximum absolute atomic E-state index is 5.72. The number of ether oxygens (including phenoxy) is 1. The predicted octanol–water partition coefficient (Wildman–Crippen LogP) is 0.999. The Morgan fingerprint density at radius 2 is 2.22 bits per heavy atom. The zero-order valence-electron chi connectivity index (χ0n) is 11.4. The Balaban J connectivity index is 1.55. The summed E-state index contributed by atoms with van der Waals surface area (Å²) in [5.41, 5.74) is 0. The highest BCUT2D eigenvalue weighted by atomic mass is 16.5. The molecule has 1 fully saturated rings. The van der Waals surface area contributed by atoms with Gasteiger partial charge in [-0.05, 0) is 33.4 Å². The molecule has 102 valence electrons. The van der Waals surface area contributed by atoms with Crippen molar-refractivity contribution in [3.8, 4) is 0 Å². The number of morpholine rings is 1. The Bertz CT molecular complexity index is 318. The number of nitrogens with zero attached hydrogens (tertiary/aromatic N) is 2. The summed E-state index contributed by atoms with van der Waals surface area (Å²) in [5, 5.41) is 3.40. The van der Waals surface area contributed by atoms with Crippen LogP contribution in [0.4, 0.5) is 0 Å². The van der Waals surface area contributed by atoms with Gasteiger partial charge in [0.05, 0.1) is 18.8 Å². The molecular formula is C13H24N4O. The monoisotopic (exact) mass is 252 g/mol. The van der Waals surface area contributed by atoms with Gasteiger partial charge in [0.25, 0.3) is 0 Å². The Morgan fingerprint density at radius 1 is 1.44 bits per heavy atom. The van der Waals surface area contributed by atoms with Crippen LogP contribution in [0.5, 0.6) is 0 Å². The van der Waals surface area contributed by atoms with Gasteiger partial charge in [-0.1, -0.05) is 0 Å². The summed E-state index contributed by atoms with van der Waals surface area (Å²) in [6.07, 6.45) is 5.54. The molecule has 2 unspecified atom stereocenters. The van der Waals surface area contributed by atoms with E-state index in [2.05, 4.69) is 34.0 Å². The Morgan fingerprint density at radius 3 is 2.89 bits per heavy atom. The van der Waals surface area contributed by atoms with E-state index in [0.29, 0.717) is 12.2 Å². The fraction of sp³-hybridized carbons (Fsp3) is 0.769. The highest BCUT2D eigenvalue weighted by molar-refractivity contribution is 4.85. The van der Waals surface area contributed by atoms with E-state index in [1.54, 1.807) is 6.20 Å². The minimum absolute atomic E-state index is 0.366. The molecule has 1 saturated heterocycles. The lowest BCUT2D eigenvalue weighted by molar-refractivity contribution is -0.0680. The summed E-state index contributed by atoms with van der Waals surface area (Å²) in [6.45, 7) is 9.41. The average molecular weight is 252 g/mol. The first-order valence-corrected chi connectivity index (χ1v) is 6.81. The summed E-state index contributed by atoms with van der Waals surface area (Å²) in [4.78, 5) is 9.76. The van der Waals surface area contributed by atoms with Gasteiger partial charge < -0.3 is 15.0 Å². The second-order valence-corrected chi connectivity index (χ2v) is 5.08. The van der Waals surface area contributed by atoms with Crippen LogP contribution in [0.3, 0.4) is 0 Å². The number of aromatic nitrogens is 2. The van der Waals surface area contributed by atoms with Crippen molar-refractivity contribution in [2.45, 2.75) is 39.0 Å². The molecule has 0 radical (unpaired) electrons. The van der Waals surface area contributed by atoms with Gasteiger partial charge in [-0.25, -0.2) is 4.98 Å². The van der Waals surface area contributed by atoms with Crippen molar-refractivity contribution in [1.29, 1.82) is 0 Å². The summed E-state index contributed by atoms with van der Waals surface area (Å²) in [6, 6.07) is 0. The number of aromatic amines is 1. The van der Waals surface area contributed by atoms with E-state index in [4.69, 9.17) is 4.74 Å². The van der Waals surface area contributed by atoms with Crippen molar-refractivity contribution in [1.82, 2.24) is 20.2 Å². The van der Waals surface area contributed by atoms with E-state index in [1.165, 1.54) is 6.42 Å². The van der Waals surface area contributed by atoms with E-state index in [9.17, 15) is 0 Å². The summed E-state index contributed by atoms with van der Waals surface area (Å²) >= 11 is 0. The highest BCUT2D eigenvalue weighted by Gasteiger charge is 2.21. The molecule has 5 heteroatoms. The third-order valence-electron chi connectivity index (χ3n) is 3.17. The second kappa shape index (κ2) is 6.87. The molecule has 1 aliphatic rings. The Labute approximate surface area is 109 Å². The molecule has 2 N–H and O–H groups in total. The second-order valence-electron chi connectivity index (χ2n) is 5.08. The van der Waals surface area contributed by atoms with Gasteiger partial charge in [0, 0.05) is 25.5 Å². The SMILES string of the molecule is CC1CN(CCCNCc2ncc[nH]2)CC(C)O1. The van der Waals surface area contributed by atoms with Crippen molar-refractivity contribution < 1.29 is 4.74 Å². The molecule has 0 spiro atoms. The van der Waals surface area contributed by atoms with Crippen molar-refractivity contribution in [2.75, 3.05) is 26.2 Å². The van der Waals surface area contributed by atoms with E-state index in [0.717, 1.165) is 38.5 Å². The van der Waals surface area contributed by atoms with Crippen LogP contribution in [0.1, 0.15) is 26.1 Å². The van der Waals surface area contributed by atoms with Crippen LogP contribution in [0.2, 0.25) is 0 Å². The van der Waals surface area contributed by atoms with Crippen LogP contribution < -0.4 is 5.32 Å². The third kappa shape index (κ3) is 4.40. The standard InChI is InChI=1S/C13H24N4O/c1-11-9-17(10-12(2)18-11)7-3-4-14-8-13-15-5-6-16-13/h5-6,11-12,14H,3-4,7-10H2,1-2H3,(H,15,16). The lowest BCUT2D eigenvalue weighted by Crippen LogP contribution is -2.46. The minimum atomic E-state index is 0.366. The maximum atomic E-state index is 5.72. The highest BCUT2D eigenvalue weighted by Crippen LogP contribution is 2.10. The third-order valence-corrected chi connectivity index (χ3v) is 3.17. The van der Waals surface area contributed by atoms with Gasteiger partial charge in [0.2, 0.25) is 0 Å². The summed E-state index contributed by atoms with van der Waals surface area (Å²) in [7, 11) is 0. The zero-order chi connectivity index (χ0) is 12.8. The van der Waals surface area contributed by atoms with Gasteiger partial charge in [-0.3, -0.25) is 4.90 Å². The summed E-state index contributed by atoms with van der Waals surface area (Å²) in [5.74, 6) is 1.00. The van der Waals surface area contributed by atoms with E-state index in [1.807, 2.05) is 6.20 Å². The van der Waals surface area contributed by atoms with Gasteiger partial charge in [0.15, 0.2) is 0 Å². The molecule has 2 rings (SSSR count). The normalized spacial score (nSPS) is 25.4. The molecular weight excluding hydrogens is 228 g/mol. The lowest BCUT2D eigenvalue weighted by Gasteiger charge is -2.35. The van der Waals surface area contributed by atoms with E-state index >= 15 is 0 Å². The number of imidazole rings is 1. The van der Waals surface area contributed by atoms with Gasteiger partial charge in [-0.2, -0.15) is 0 Å². The predicted molar refractivity (Wildman–Crippen MR) is 71.4 cm³/mol. The maximum Gasteiger partial charge on any atom is 0.120 e. The van der Waals surface area contributed by atoms with E-state index in [-0.39, 0.29) is 0 Å². The molecule has 0 amide bonds. The van der Waals surface area contributed by atoms with Crippen LogP contribution in [-0.4, -0.2) is 53.3 Å². The molecule has 1 aliphatic heterocycles. The van der Waals surface area contributed by atoms with Crippen LogP contribution in [-0.2, 0) is 11.3 Å². The van der Waals surface area contributed by atoms with Crippen LogP contribution in [0, 0.1) is 0 Å². The van der Waals surface area contributed by atoms with Gasteiger partial charge in [-0.15, -0.1) is 0 Å². The van der Waals surface area contributed by atoms with Crippen LogP contribution in [0.15, 0.2) is 12.4 Å². The fourth-order valence-corrected chi connectivity index (χ4v) is 2.50. The average Bonchev–Trinajstić information content (AvgIpc) is 2.80. The molecule has 1 aromatic rings.